The molecule has 2 aromatic heterocycles. The Morgan fingerprint density at radius 3 is 2.36 bits per heavy atom. The number of benzene rings is 3. The normalized spacial score (nSPS) is 14.3. The molecule has 14 heteroatoms. The van der Waals surface area contributed by atoms with E-state index in [-0.39, 0.29) is 48.9 Å². The number of carbonyl (C=O) groups excluding carboxylic acids is 2. The molecule has 0 unspecified atom stereocenters. The number of ether oxygens (including phenoxy) is 1. The molecule has 0 aliphatic carbocycles. The Kier molecular flexibility index (Phi) is 10.1. The summed E-state index contributed by atoms with van der Waals surface area (Å²) in [7, 11) is 0. The van der Waals surface area contributed by atoms with E-state index in [0.29, 0.717) is 65.2 Å². The fraction of sp³-hybridized carbons (Fsp3) is 0.333. The third kappa shape index (κ3) is 7.91. The number of piperidine rings is 1. The lowest BCUT2D eigenvalue weighted by Crippen LogP contribution is -2.41. The fourth-order valence-corrected chi connectivity index (χ4v) is 6.00. The highest BCUT2D eigenvalue weighted by atomic mass is 19.4. The summed E-state index contributed by atoms with van der Waals surface area (Å²) in [6.45, 7) is 5.18. The predicted octanol–water partition coefficient (Wildman–Crippen LogP) is 5.19. The number of hydrogen-bond donors (Lipinski definition) is 1. The molecule has 1 saturated heterocycles. The van der Waals surface area contributed by atoms with Gasteiger partial charge >= 0.3 is 6.18 Å². The van der Waals surface area contributed by atoms with E-state index in [1.54, 1.807) is 36.4 Å². The second-order valence-electron chi connectivity index (χ2n) is 12.5. The maximum absolute atomic E-state index is 14.2. The number of Topliss-reactive ketones (excluding diaryl/α,β-unsaturated/α-hetero) is 1. The van der Waals surface area contributed by atoms with Crippen LogP contribution < -0.4 is 15.6 Å². The molecule has 0 atom stereocenters. The van der Waals surface area contributed by atoms with Gasteiger partial charge in [-0.25, -0.2) is 4.98 Å². The van der Waals surface area contributed by atoms with Gasteiger partial charge in [0.15, 0.2) is 5.78 Å². The van der Waals surface area contributed by atoms with Gasteiger partial charge in [-0.3, -0.25) is 23.9 Å². The van der Waals surface area contributed by atoms with E-state index in [1.165, 1.54) is 33.9 Å². The highest BCUT2D eigenvalue weighted by Crippen LogP contribution is 2.30. The molecule has 1 aliphatic rings. The molecule has 11 nitrogen and oxygen atoms in total. The molecule has 50 heavy (non-hydrogen) atoms. The molecule has 3 aromatic carbocycles. The monoisotopic (exact) mass is 687 g/mol. The quantitative estimate of drug-likeness (QED) is 0.188. The summed E-state index contributed by atoms with van der Waals surface area (Å²) >= 11 is 0. The Morgan fingerprint density at radius 1 is 0.980 bits per heavy atom. The zero-order chi connectivity index (χ0) is 35.4. The van der Waals surface area contributed by atoms with Crippen molar-refractivity contribution in [2.24, 2.45) is 5.92 Å². The fourth-order valence-electron chi connectivity index (χ4n) is 6.00. The minimum absolute atomic E-state index is 0.0819. The number of amides is 1. The lowest BCUT2D eigenvalue weighted by molar-refractivity contribution is -0.137. The van der Waals surface area contributed by atoms with Crippen LogP contribution in [0.25, 0.3) is 16.6 Å². The number of hydrogen-bond acceptors (Lipinski definition) is 8. The number of ketones is 1. The summed E-state index contributed by atoms with van der Waals surface area (Å²) in [6, 6.07) is 16.8. The van der Waals surface area contributed by atoms with Gasteiger partial charge in [0.2, 0.25) is 5.91 Å². The molecule has 3 heterocycles. The van der Waals surface area contributed by atoms with Crippen LogP contribution in [-0.2, 0) is 30.6 Å². The van der Waals surface area contributed by atoms with Gasteiger partial charge in [-0.15, -0.1) is 0 Å². The molecule has 260 valence electrons. The average Bonchev–Trinajstić information content (AvgIpc) is 3.61. The van der Waals surface area contributed by atoms with Crippen LogP contribution in [0.1, 0.15) is 54.0 Å². The van der Waals surface area contributed by atoms with Gasteiger partial charge in [-0.1, -0.05) is 24.3 Å². The van der Waals surface area contributed by atoms with Gasteiger partial charge in [0.25, 0.3) is 5.56 Å². The number of likely N-dealkylation sites (tertiary alicyclic amines) is 1. The van der Waals surface area contributed by atoms with Crippen molar-refractivity contribution in [3.8, 4) is 11.4 Å². The molecular formula is C36H36F3N7O4. The summed E-state index contributed by atoms with van der Waals surface area (Å²) in [5, 5.41) is 11.3. The first-order valence-corrected chi connectivity index (χ1v) is 16.3. The van der Waals surface area contributed by atoms with Crippen LogP contribution >= 0.6 is 0 Å². The number of rotatable bonds is 11. The smallest absolute Gasteiger partial charge is 0.416 e. The van der Waals surface area contributed by atoms with Crippen molar-refractivity contribution in [2.45, 2.75) is 58.6 Å². The Labute approximate surface area is 285 Å². The van der Waals surface area contributed by atoms with E-state index < -0.39 is 11.7 Å². The van der Waals surface area contributed by atoms with Crippen LogP contribution in [0, 0.1) is 5.92 Å². The summed E-state index contributed by atoms with van der Waals surface area (Å²) < 4.78 is 46.3. The molecule has 0 bridgehead atoms. The number of fused-ring (bicyclic) bond motifs is 1. The van der Waals surface area contributed by atoms with Crippen molar-refractivity contribution in [3.05, 3.63) is 112 Å². The van der Waals surface area contributed by atoms with E-state index in [0.717, 1.165) is 12.1 Å². The standard InChI is InChI=1S/C36H36F3N7O4/c1-23(2)50-32-12-9-26(31(47)21-45-41-15-16-42-45)19-30(32)46-33(43-29-6-4-3-5-28(29)35(46)49)22-44-17-13-25(14-18-44)34(48)40-20-24-7-10-27(11-8-24)36(37,38)39/h3-12,15-16,19,23,25H,13-14,17-18,20-22H2,1-2H3,(H,40,48). The van der Waals surface area contributed by atoms with Crippen molar-refractivity contribution >= 4 is 22.6 Å². The van der Waals surface area contributed by atoms with Gasteiger partial charge in [-0.2, -0.15) is 28.2 Å². The maximum Gasteiger partial charge on any atom is 0.416 e. The Hall–Kier alpha value is -5.37. The van der Waals surface area contributed by atoms with E-state index in [2.05, 4.69) is 20.4 Å². The van der Waals surface area contributed by atoms with Gasteiger partial charge < -0.3 is 10.1 Å². The van der Waals surface area contributed by atoms with Crippen molar-refractivity contribution in [1.29, 1.82) is 0 Å². The molecule has 1 fully saturated rings. The molecule has 0 radical (unpaired) electrons. The molecule has 0 saturated carbocycles. The van der Waals surface area contributed by atoms with Crippen molar-refractivity contribution < 1.29 is 27.5 Å². The van der Waals surface area contributed by atoms with Crippen LogP contribution in [-0.4, -0.2) is 60.3 Å². The Balaban J connectivity index is 1.22. The summed E-state index contributed by atoms with van der Waals surface area (Å²) in [5.41, 5.74) is 0.795. The molecule has 0 spiro atoms. The minimum atomic E-state index is -4.42. The Bertz CT molecular complexity index is 2040. The zero-order valence-electron chi connectivity index (χ0n) is 27.6. The number of para-hydroxylation sites is 1. The first-order valence-electron chi connectivity index (χ1n) is 16.3. The number of carbonyl (C=O) groups is 2. The first kappa shape index (κ1) is 34.5. The lowest BCUT2D eigenvalue weighted by atomic mass is 9.95. The van der Waals surface area contributed by atoms with E-state index in [4.69, 9.17) is 9.72 Å². The highest BCUT2D eigenvalue weighted by molar-refractivity contribution is 5.96. The van der Waals surface area contributed by atoms with Crippen LogP contribution in [0.3, 0.4) is 0 Å². The van der Waals surface area contributed by atoms with Crippen LogP contribution in [0.5, 0.6) is 5.75 Å². The number of nitrogens with one attached hydrogen (secondary N) is 1. The van der Waals surface area contributed by atoms with Crippen LogP contribution in [0.4, 0.5) is 13.2 Å². The highest BCUT2D eigenvalue weighted by Gasteiger charge is 2.30. The SMILES string of the molecule is CC(C)Oc1ccc(C(=O)Cn2nccn2)cc1-n1c(CN2CCC(C(=O)NCc3ccc(C(F)(F)F)cc3)CC2)nc2ccccc2c1=O. The van der Waals surface area contributed by atoms with Gasteiger partial charge in [0, 0.05) is 18.0 Å². The number of halogens is 3. The number of nitrogens with zero attached hydrogens (tertiary/aromatic N) is 6. The van der Waals surface area contributed by atoms with Crippen LogP contribution in [0.15, 0.2) is 83.9 Å². The van der Waals surface area contributed by atoms with E-state index >= 15 is 0 Å². The van der Waals surface area contributed by atoms with Gasteiger partial charge in [0.05, 0.1) is 47.2 Å². The number of aromatic nitrogens is 5. The second-order valence-corrected chi connectivity index (χ2v) is 12.5. The molecule has 5 aromatic rings. The second kappa shape index (κ2) is 14.6. The van der Waals surface area contributed by atoms with Crippen molar-refractivity contribution in [2.75, 3.05) is 13.1 Å². The first-order chi connectivity index (χ1) is 24.0. The molecule has 6 rings (SSSR count). The molecule has 1 amide bonds. The largest absolute Gasteiger partial charge is 0.489 e. The molecule has 1 aliphatic heterocycles. The zero-order valence-corrected chi connectivity index (χ0v) is 27.6. The minimum Gasteiger partial charge on any atom is -0.489 e. The van der Waals surface area contributed by atoms with Gasteiger partial charge in [0.1, 0.15) is 18.1 Å². The molecular weight excluding hydrogens is 651 g/mol. The lowest BCUT2D eigenvalue weighted by Gasteiger charge is -2.31. The maximum atomic E-state index is 14.2. The van der Waals surface area contributed by atoms with Crippen molar-refractivity contribution in [1.82, 2.24) is 34.8 Å². The topological polar surface area (TPSA) is 124 Å². The van der Waals surface area contributed by atoms with Gasteiger partial charge in [-0.05, 0) is 87.8 Å². The summed E-state index contributed by atoms with van der Waals surface area (Å²) in [4.78, 5) is 48.8. The summed E-state index contributed by atoms with van der Waals surface area (Å²) in [5.74, 6) is 0.182. The third-order valence-electron chi connectivity index (χ3n) is 8.55. The predicted molar refractivity (Wildman–Crippen MR) is 179 cm³/mol. The average molecular weight is 688 g/mol. The van der Waals surface area contributed by atoms with E-state index in [1.807, 2.05) is 19.9 Å². The molecule has 1 N–H and O–H groups in total. The van der Waals surface area contributed by atoms with Crippen molar-refractivity contribution in [3.63, 3.8) is 0 Å². The third-order valence-corrected chi connectivity index (χ3v) is 8.55. The Morgan fingerprint density at radius 2 is 1.68 bits per heavy atom. The number of alkyl halides is 3. The van der Waals surface area contributed by atoms with E-state index in [9.17, 15) is 27.6 Å². The summed E-state index contributed by atoms with van der Waals surface area (Å²) in [6.07, 6.45) is -0.570. The van der Waals surface area contributed by atoms with Crippen LogP contribution in [0.2, 0.25) is 0 Å².